The summed E-state index contributed by atoms with van der Waals surface area (Å²) in [7, 11) is 0. The molecule has 0 saturated carbocycles. The largest absolute Gasteiger partial charge is 0.360 e. The van der Waals surface area contributed by atoms with E-state index in [9.17, 15) is 19.7 Å². The Morgan fingerprint density at radius 1 is 1.20 bits per heavy atom. The number of nitrogens with one attached hydrogen (secondary N) is 2. The lowest BCUT2D eigenvalue weighted by atomic mass is 10.1. The fourth-order valence-electron chi connectivity index (χ4n) is 2.45. The summed E-state index contributed by atoms with van der Waals surface area (Å²) in [4.78, 5) is 37.9. The average Bonchev–Trinajstić information content (AvgIpc) is 2.59. The van der Waals surface area contributed by atoms with Crippen LogP contribution in [-0.2, 0) is 0 Å². The zero-order valence-electron chi connectivity index (χ0n) is 13.0. The van der Waals surface area contributed by atoms with Gasteiger partial charge >= 0.3 is 0 Å². The van der Waals surface area contributed by atoms with Gasteiger partial charge in [0, 0.05) is 34.4 Å². The first kappa shape index (κ1) is 16.7. The molecule has 0 aliphatic heterocycles. The predicted octanol–water partition coefficient (Wildman–Crippen LogP) is 3.65. The minimum Gasteiger partial charge on any atom is -0.360 e. The van der Waals surface area contributed by atoms with Crippen LogP contribution in [0.5, 0.6) is 0 Å². The van der Waals surface area contributed by atoms with Crippen molar-refractivity contribution in [1.29, 1.82) is 0 Å². The summed E-state index contributed by atoms with van der Waals surface area (Å²) in [5.41, 5.74) is 1.07. The van der Waals surface area contributed by atoms with Crippen LogP contribution < -0.4 is 10.7 Å². The van der Waals surface area contributed by atoms with Crippen LogP contribution in [0, 0.1) is 17.0 Å². The molecular weight excluding hydrogens is 346 g/mol. The van der Waals surface area contributed by atoms with Crippen molar-refractivity contribution < 1.29 is 9.72 Å². The number of aryl methyl sites for hydroxylation is 1. The van der Waals surface area contributed by atoms with E-state index in [2.05, 4.69) is 10.3 Å². The average molecular weight is 358 g/mol. The molecule has 25 heavy (non-hydrogen) atoms. The molecule has 0 spiro atoms. The molecule has 8 heteroatoms. The number of H-pyrrole nitrogens is 1. The maximum absolute atomic E-state index is 12.6. The maximum atomic E-state index is 12.6. The van der Waals surface area contributed by atoms with Gasteiger partial charge in [-0.05, 0) is 36.8 Å². The highest BCUT2D eigenvalue weighted by molar-refractivity contribution is 6.32. The molecule has 0 bridgehead atoms. The van der Waals surface area contributed by atoms with E-state index in [1.54, 1.807) is 19.1 Å². The number of anilines is 1. The molecule has 126 valence electrons. The van der Waals surface area contributed by atoms with Crippen molar-refractivity contribution in [3.63, 3.8) is 0 Å². The van der Waals surface area contributed by atoms with Crippen LogP contribution in [0.2, 0.25) is 5.02 Å². The van der Waals surface area contributed by atoms with Gasteiger partial charge in [0.15, 0.2) is 0 Å². The molecule has 7 nitrogen and oxygen atoms in total. The van der Waals surface area contributed by atoms with Crippen molar-refractivity contribution in [2.24, 2.45) is 0 Å². The van der Waals surface area contributed by atoms with Gasteiger partial charge in [-0.2, -0.15) is 0 Å². The fraction of sp³-hybridized carbons (Fsp3) is 0.0588. The number of nitro benzene ring substituents is 1. The number of non-ortho nitro benzene ring substituents is 1. The van der Waals surface area contributed by atoms with E-state index in [1.807, 2.05) is 0 Å². The smallest absolute Gasteiger partial charge is 0.269 e. The Morgan fingerprint density at radius 3 is 2.52 bits per heavy atom. The Morgan fingerprint density at radius 2 is 1.88 bits per heavy atom. The fourth-order valence-corrected chi connectivity index (χ4v) is 2.61. The van der Waals surface area contributed by atoms with Crippen LogP contribution >= 0.6 is 11.6 Å². The van der Waals surface area contributed by atoms with E-state index in [-0.39, 0.29) is 11.3 Å². The zero-order chi connectivity index (χ0) is 18.1. The van der Waals surface area contributed by atoms with Crippen LogP contribution in [0.4, 0.5) is 11.4 Å². The maximum Gasteiger partial charge on any atom is 0.269 e. The Hall–Kier alpha value is -3.19. The van der Waals surface area contributed by atoms with E-state index >= 15 is 0 Å². The molecule has 0 unspecified atom stereocenters. The lowest BCUT2D eigenvalue weighted by molar-refractivity contribution is -0.384. The quantitative estimate of drug-likeness (QED) is 0.551. The Bertz CT molecular complexity index is 1060. The summed E-state index contributed by atoms with van der Waals surface area (Å²) in [6.45, 7) is 1.78. The number of halogens is 1. The number of hydrogen-bond acceptors (Lipinski definition) is 4. The van der Waals surface area contributed by atoms with E-state index in [0.29, 0.717) is 21.6 Å². The van der Waals surface area contributed by atoms with Crippen LogP contribution in [0.1, 0.15) is 15.9 Å². The zero-order valence-corrected chi connectivity index (χ0v) is 13.8. The highest BCUT2D eigenvalue weighted by atomic mass is 35.5. The molecule has 0 aliphatic rings. The molecule has 2 N–H and O–H groups in total. The van der Waals surface area contributed by atoms with Crippen LogP contribution in [0.3, 0.4) is 0 Å². The lowest BCUT2D eigenvalue weighted by Gasteiger charge is -2.08. The third kappa shape index (κ3) is 3.09. The first-order chi connectivity index (χ1) is 11.9. The number of hydrogen-bond donors (Lipinski definition) is 2. The lowest BCUT2D eigenvalue weighted by Crippen LogP contribution is -2.22. The second-order valence-electron chi connectivity index (χ2n) is 5.38. The van der Waals surface area contributed by atoms with Crippen molar-refractivity contribution in [3.05, 3.63) is 79.1 Å². The number of amides is 1. The number of aromatic amines is 1. The number of pyridine rings is 1. The van der Waals surface area contributed by atoms with Crippen molar-refractivity contribution in [2.75, 3.05) is 5.32 Å². The summed E-state index contributed by atoms with van der Waals surface area (Å²) < 4.78 is 0. The molecule has 1 aromatic heterocycles. The van der Waals surface area contributed by atoms with Gasteiger partial charge in [-0.15, -0.1) is 0 Å². The van der Waals surface area contributed by atoms with Gasteiger partial charge in [-0.3, -0.25) is 19.7 Å². The van der Waals surface area contributed by atoms with Gasteiger partial charge in [0.1, 0.15) is 5.56 Å². The highest BCUT2D eigenvalue weighted by Gasteiger charge is 2.15. The van der Waals surface area contributed by atoms with Crippen LogP contribution in [-0.4, -0.2) is 15.8 Å². The molecule has 0 fully saturated rings. The van der Waals surface area contributed by atoms with Gasteiger partial charge in [0.05, 0.1) is 10.4 Å². The van der Waals surface area contributed by atoms with Gasteiger partial charge in [-0.1, -0.05) is 11.6 Å². The Kier molecular flexibility index (Phi) is 4.24. The minimum absolute atomic E-state index is 0.0624. The summed E-state index contributed by atoms with van der Waals surface area (Å²) >= 11 is 6.04. The number of carbonyl (C=O) groups is 1. The van der Waals surface area contributed by atoms with Crippen molar-refractivity contribution in [2.45, 2.75) is 6.92 Å². The molecule has 0 aliphatic carbocycles. The molecule has 1 heterocycles. The first-order valence-corrected chi connectivity index (χ1v) is 7.62. The summed E-state index contributed by atoms with van der Waals surface area (Å²) in [5.74, 6) is -0.607. The van der Waals surface area contributed by atoms with E-state index in [0.717, 1.165) is 5.56 Å². The number of carbonyl (C=O) groups excluding carboxylic acids is 1. The van der Waals surface area contributed by atoms with Crippen molar-refractivity contribution in [3.8, 4) is 0 Å². The monoisotopic (exact) mass is 357 g/mol. The molecule has 0 saturated heterocycles. The van der Waals surface area contributed by atoms with Crippen LogP contribution in [0.25, 0.3) is 10.9 Å². The van der Waals surface area contributed by atoms with Crippen molar-refractivity contribution >= 4 is 39.8 Å². The normalized spacial score (nSPS) is 10.6. The standard InChI is InChI=1S/C17H12ClN3O4/c1-9-14(18)7-6-12-15(9)19-8-13(16(12)22)17(23)20-10-2-4-11(5-3-10)21(24)25/h2-8H,1H3,(H,19,22)(H,20,23). The molecule has 0 atom stereocenters. The topological polar surface area (TPSA) is 105 Å². The number of fused-ring (bicyclic) bond motifs is 1. The van der Waals surface area contributed by atoms with Gasteiger partial charge in [-0.25, -0.2) is 0 Å². The highest BCUT2D eigenvalue weighted by Crippen LogP contribution is 2.22. The summed E-state index contributed by atoms with van der Waals surface area (Å²) in [6.07, 6.45) is 1.33. The number of rotatable bonds is 3. The summed E-state index contributed by atoms with van der Waals surface area (Å²) in [6, 6.07) is 8.50. The predicted molar refractivity (Wildman–Crippen MR) is 95.4 cm³/mol. The number of nitro groups is 1. The van der Waals surface area contributed by atoms with Gasteiger partial charge in [0.25, 0.3) is 11.6 Å². The first-order valence-electron chi connectivity index (χ1n) is 7.25. The van der Waals surface area contributed by atoms with E-state index in [4.69, 9.17) is 11.6 Å². The third-order valence-corrected chi connectivity index (χ3v) is 4.24. The summed E-state index contributed by atoms with van der Waals surface area (Å²) in [5, 5.41) is 14.1. The van der Waals surface area contributed by atoms with Crippen molar-refractivity contribution in [1.82, 2.24) is 4.98 Å². The van der Waals surface area contributed by atoms with Gasteiger partial charge in [0.2, 0.25) is 5.43 Å². The number of benzene rings is 2. The van der Waals surface area contributed by atoms with Crippen LogP contribution in [0.15, 0.2) is 47.4 Å². The molecule has 0 radical (unpaired) electrons. The number of aromatic nitrogens is 1. The van der Waals surface area contributed by atoms with E-state index in [1.165, 1.54) is 30.5 Å². The SMILES string of the molecule is Cc1c(Cl)ccc2c(=O)c(C(=O)Nc3ccc([N+](=O)[O-])cc3)c[nH]c12. The second kappa shape index (κ2) is 6.37. The van der Waals surface area contributed by atoms with Gasteiger partial charge < -0.3 is 10.3 Å². The second-order valence-corrected chi connectivity index (χ2v) is 5.79. The van der Waals surface area contributed by atoms with E-state index < -0.39 is 16.3 Å². The number of nitrogens with zero attached hydrogens (tertiary/aromatic N) is 1. The Labute approximate surface area is 146 Å². The minimum atomic E-state index is -0.607. The molecule has 2 aromatic carbocycles. The Balaban J connectivity index is 1.95. The molecular formula is C17H12ClN3O4. The molecule has 3 rings (SSSR count). The molecule has 3 aromatic rings. The third-order valence-electron chi connectivity index (χ3n) is 3.83. The molecule has 1 amide bonds.